The molecule has 1 amide bonds. The monoisotopic (exact) mass is 547 g/mol. The average Bonchev–Trinajstić information content (AvgIpc) is 3.38. The van der Waals surface area contributed by atoms with E-state index in [4.69, 9.17) is 15.5 Å². The number of halogens is 1. The zero-order chi connectivity index (χ0) is 27.8. The number of benzene rings is 1. The minimum Gasteiger partial charge on any atom is -0.493 e. The summed E-state index contributed by atoms with van der Waals surface area (Å²) in [4.78, 5) is 20.2. The van der Waals surface area contributed by atoms with Crippen molar-refractivity contribution >= 4 is 21.9 Å². The minimum atomic E-state index is -4.07. The molecule has 2 atom stereocenters. The number of nitrogens with one attached hydrogen (secondary N) is 1. The quantitative estimate of drug-likeness (QED) is 0.519. The van der Waals surface area contributed by atoms with Crippen LogP contribution in [0.3, 0.4) is 0 Å². The predicted octanol–water partition coefficient (Wildman–Crippen LogP) is 3.55. The van der Waals surface area contributed by atoms with Crippen LogP contribution in [-0.4, -0.2) is 61.4 Å². The second kappa shape index (κ2) is 10.8. The lowest BCUT2D eigenvalue weighted by Gasteiger charge is -2.34. The number of carbonyl (C=O) groups excluding carboxylic acids is 1. The predicted molar refractivity (Wildman–Crippen MR) is 146 cm³/mol. The molecule has 0 saturated carbocycles. The van der Waals surface area contributed by atoms with Gasteiger partial charge in [0.2, 0.25) is 0 Å². The van der Waals surface area contributed by atoms with E-state index in [2.05, 4.69) is 25.5 Å². The molecule has 208 valence electrons. The largest absolute Gasteiger partial charge is 0.493 e. The number of hydrogen-bond acceptors (Lipinski definition) is 7. The van der Waals surface area contributed by atoms with E-state index in [1.165, 1.54) is 16.4 Å². The number of nitrogens with two attached hydrogens (primary N) is 1. The molecule has 0 aliphatic carbocycles. The van der Waals surface area contributed by atoms with Crippen molar-refractivity contribution in [3.63, 3.8) is 0 Å². The van der Waals surface area contributed by atoms with E-state index in [1.54, 1.807) is 18.2 Å². The first-order valence-corrected chi connectivity index (χ1v) is 14.5. The van der Waals surface area contributed by atoms with Gasteiger partial charge in [-0.3, -0.25) is 4.79 Å². The van der Waals surface area contributed by atoms with Crippen LogP contribution in [0.5, 0.6) is 5.75 Å². The molecule has 0 bridgehead atoms. The molecule has 2 fully saturated rings. The van der Waals surface area contributed by atoms with Crippen molar-refractivity contribution in [2.24, 2.45) is 17.6 Å². The zero-order valence-corrected chi connectivity index (χ0v) is 23.5. The Bertz CT molecular complexity index is 1300. The maximum Gasteiger partial charge on any atom is 0.304 e. The van der Waals surface area contributed by atoms with Crippen molar-refractivity contribution in [2.75, 3.05) is 31.1 Å². The third-order valence-corrected chi connectivity index (χ3v) is 8.40. The summed E-state index contributed by atoms with van der Waals surface area (Å²) in [5, 5.41) is 0. The van der Waals surface area contributed by atoms with E-state index in [-0.39, 0.29) is 36.2 Å². The minimum absolute atomic E-state index is 0.135. The van der Waals surface area contributed by atoms with Gasteiger partial charge in [0.05, 0.1) is 17.9 Å². The molecule has 2 aliphatic heterocycles. The Morgan fingerprint density at radius 1 is 1.26 bits per heavy atom. The Kier molecular flexibility index (Phi) is 8.02. The summed E-state index contributed by atoms with van der Waals surface area (Å²) in [5.41, 5.74) is 6.63. The lowest BCUT2D eigenvalue weighted by atomic mass is 9.97. The molecular formula is C27H38FN5O4S. The van der Waals surface area contributed by atoms with Crippen LogP contribution in [0, 0.1) is 17.7 Å². The lowest BCUT2D eigenvalue weighted by Crippen LogP contribution is -2.44. The number of nitrogens with zero attached hydrogens (tertiary/aromatic N) is 3. The molecule has 1 aromatic carbocycles. The molecule has 2 aliphatic rings. The molecule has 3 N–H and O–H groups in total. The molecule has 0 spiro atoms. The van der Waals surface area contributed by atoms with E-state index >= 15 is 0 Å². The maximum absolute atomic E-state index is 14.5. The van der Waals surface area contributed by atoms with E-state index < -0.39 is 21.9 Å². The highest BCUT2D eigenvalue weighted by Gasteiger charge is 2.40. The number of pyridine rings is 1. The molecule has 0 radical (unpaired) electrons. The fourth-order valence-electron chi connectivity index (χ4n) is 5.22. The molecule has 1 aromatic heterocycles. The highest BCUT2D eigenvalue weighted by Crippen LogP contribution is 2.38. The second-order valence-corrected chi connectivity index (χ2v) is 13.2. The van der Waals surface area contributed by atoms with Gasteiger partial charge in [-0.2, -0.15) is 12.7 Å². The number of aromatic nitrogens is 1. The standard InChI is InChI=1S/C27H38FN5O4S/c1-17(2)16-37-22-11-19(10-20(28)12-22)24-7-6-23(25(30-24)33-14-18(3)13-27(33,4)5)26(34)31-38(35,36)32-9-8-21(29)15-32/h6-7,10-12,17-18,21H,8-9,13-16,29H2,1-5H3,(H,31,34)/t18-,21+/m0/s1. The normalized spacial score (nSPS) is 21.7. The number of amides is 1. The van der Waals surface area contributed by atoms with Crippen molar-refractivity contribution in [3.05, 3.63) is 41.7 Å². The summed E-state index contributed by atoms with van der Waals surface area (Å²) in [6.07, 6.45) is 1.41. The van der Waals surface area contributed by atoms with Crippen molar-refractivity contribution in [1.82, 2.24) is 14.0 Å². The molecule has 38 heavy (non-hydrogen) atoms. The van der Waals surface area contributed by atoms with Crippen LogP contribution < -0.4 is 20.1 Å². The number of ether oxygens (including phenoxy) is 1. The smallest absolute Gasteiger partial charge is 0.304 e. The zero-order valence-electron chi connectivity index (χ0n) is 22.7. The molecule has 9 nitrogen and oxygen atoms in total. The molecular weight excluding hydrogens is 509 g/mol. The van der Waals surface area contributed by atoms with Crippen LogP contribution >= 0.6 is 0 Å². The maximum atomic E-state index is 14.5. The average molecular weight is 548 g/mol. The number of carbonyl (C=O) groups is 1. The highest BCUT2D eigenvalue weighted by atomic mass is 32.2. The summed E-state index contributed by atoms with van der Waals surface area (Å²) in [7, 11) is -4.07. The third-order valence-electron chi connectivity index (χ3n) is 6.95. The molecule has 2 aromatic rings. The van der Waals surface area contributed by atoms with Gasteiger partial charge in [-0.05, 0) is 62.8 Å². The molecule has 2 saturated heterocycles. The van der Waals surface area contributed by atoms with Crippen LogP contribution in [-0.2, 0) is 10.2 Å². The first kappa shape index (κ1) is 28.3. The summed E-state index contributed by atoms with van der Waals surface area (Å²) in [6, 6.07) is 7.31. The van der Waals surface area contributed by atoms with Crippen LogP contribution in [0.15, 0.2) is 30.3 Å². The van der Waals surface area contributed by atoms with Gasteiger partial charge < -0.3 is 15.4 Å². The van der Waals surface area contributed by atoms with Gasteiger partial charge >= 0.3 is 10.2 Å². The Labute approximate surface area is 224 Å². The Morgan fingerprint density at radius 3 is 2.61 bits per heavy atom. The first-order valence-electron chi connectivity index (χ1n) is 13.1. The van der Waals surface area contributed by atoms with Gasteiger partial charge in [0.15, 0.2) is 0 Å². The molecule has 4 rings (SSSR count). The Morgan fingerprint density at radius 2 is 2.00 bits per heavy atom. The van der Waals surface area contributed by atoms with Crippen LogP contribution in [0.1, 0.15) is 57.8 Å². The van der Waals surface area contributed by atoms with E-state index in [0.29, 0.717) is 48.3 Å². The van der Waals surface area contributed by atoms with Gasteiger partial charge in [-0.15, -0.1) is 0 Å². The fourth-order valence-corrected chi connectivity index (χ4v) is 6.42. The van der Waals surface area contributed by atoms with E-state index in [0.717, 1.165) is 6.42 Å². The fraction of sp³-hybridized carbons (Fsp3) is 0.556. The summed E-state index contributed by atoms with van der Waals surface area (Å²) in [6.45, 7) is 11.8. The Balaban J connectivity index is 1.73. The van der Waals surface area contributed by atoms with Crippen LogP contribution in [0.25, 0.3) is 11.3 Å². The summed E-state index contributed by atoms with van der Waals surface area (Å²) >= 11 is 0. The third kappa shape index (κ3) is 6.27. The van der Waals surface area contributed by atoms with E-state index in [9.17, 15) is 17.6 Å². The first-order chi connectivity index (χ1) is 17.7. The summed E-state index contributed by atoms with van der Waals surface area (Å²) in [5.74, 6) is 0.134. The highest BCUT2D eigenvalue weighted by molar-refractivity contribution is 7.87. The van der Waals surface area contributed by atoms with Crippen molar-refractivity contribution in [2.45, 2.75) is 59.0 Å². The molecule has 3 heterocycles. The van der Waals surface area contributed by atoms with Gasteiger partial charge in [0.25, 0.3) is 5.91 Å². The molecule has 11 heteroatoms. The molecule has 0 unspecified atom stereocenters. The van der Waals surface area contributed by atoms with Crippen LogP contribution in [0.4, 0.5) is 10.2 Å². The summed E-state index contributed by atoms with van der Waals surface area (Å²) < 4.78 is 49.4. The number of hydrogen-bond donors (Lipinski definition) is 2. The second-order valence-electron chi connectivity index (χ2n) is 11.5. The lowest BCUT2D eigenvalue weighted by molar-refractivity contribution is 0.0979. The number of rotatable bonds is 8. The van der Waals surface area contributed by atoms with Gasteiger partial charge in [0, 0.05) is 42.8 Å². The van der Waals surface area contributed by atoms with E-state index in [1.807, 2.05) is 18.7 Å². The SMILES string of the molecule is CC(C)COc1cc(F)cc(-c2ccc(C(=O)NS(=O)(=O)N3CC[C@@H](N)C3)c(N3C[C@@H](C)CC3(C)C)n2)c1. The Hall–Kier alpha value is -2.76. The van der Waals surface area contributed by atoms with Gasteiger partial charge in [0.1, 0.15) is 17.4 Å². The van der Waals surface area contributed by atoms with Gasteiger partial charge in [-0.1, -0.05) is 20.8 Å². The van der Waals surface area contributed by atoms with Crippen LogP contribution in [0.2, 0.25) is 0 Å². The van der Waals surface area contributed by atoms with Crippen molar-refractivity contribution < 1.29 is 22.3 Å². The van der Waals surface area contributed by atoms with Crippen molar-refractivity contribution in [1.29, 1.82) is 0 Å². The topological polar surface area (TPSA) is 118 Å². The number of anilines is 1. The van der Waals surface area contributed by atoms with Crippen molar-refractivity contribution in [3.8, 4) is 17.0 Å². The van der Waals surface area contributed by atoms with Gasteiger partial charge in [-0.25, -0.2) is 14.1 Å².